The maximum absolute atomic E-state index is 5.87. The molecule has 2 atom stereocenters. The van der Waals surface area contributed by atoms with Crippen LogP contribution in [0.4, 0.5) is 0 Å². The molecular weight excluding hydrogens is 200 g/mol. The number of ether oxygens (including phenoxy) is 2. The molecule has 0 amide bonds. The van der Waals surface area contributed by atoms with E-state index in [4.69, 9.17) is 9.47 Å². The highest BCUT2D eigenvalue weighted by molar-refractivity contribution is 5.16. The Kier molecular flexibility index (Phi) is 4.37. The van der Waals surface area contributed by atoms with Gasteiger partial charge < -0.3 is 9.47 Å². The van der Waals surface area contributed by atoms with Crippen molar-refractivity contribution in [3.05, 3.63) is 35.9 Å². The Hall–Kier alpha value is -0.860. The first-order valence-corrected chi connectivity index (χ1v) is 6.22. The van der Waals surface area contributed by atoms with Crippen molar-refractivity contribution in [2.75, 3.05) is 6.61 Å². The highest BCUT2D eigenvalue weighted by atomic mass is 16.7. The first kappa shape index (κ1) is 11.6. The van der Waals surface area contributed by atoms with Crippen LogP contribution in [0.5, 0.6) is 0 Å². The van der Waals surface area contributed by atoms with Crippen molar-refractivity contribution < 1.29 is 9.47 Å². The van der Waals surface area contributed by atoms with Crippen molar-refractivity contribution in [1.29, 1.82) is 0 Å². The van der Waals surface area contributed by atoms with Crippen molar-refractivity contribution in [2.45, 2.75) is 45.0 Å². The molecule has 2 rings (SSSR count). The van der Waals surface area contributed by atoms with Crippen molar-refractivity contribution in [1.82, 2.24) is 0 Å². The van der Waals surface area contributed by atoms with Crippen molar-refractivity contribution in [3.8, 4) is 0 Å². The Balaban J connectivity index is 1.79. The zero-order valence-electron chi connectivity index (χ0n) is 9.89. The molecule has 1 aliphatic rings. The number of benzene rings is 1. The molecule has 16 heavy (non-hydrogen) atoms. The summed E-state index contributed by atoms with van der Waals surface area (Å²) in [5, 5.41) is 0. The van der Waals surface area contributed by atoms with E-state index < -0.39 is 0 Å². The van der Waals surface area contributed by atoms with Crippen LogP contribution in [0.25, 0.3) is 0 Å². The van der Waals surface area contributed by atoms with Gasteiger partial charge in [0.2, 0.25) is 0 Å². The van der Waals surface area contributed by atoms with Crippen LogP contribution in [0.15, 0.2) is 30.3 Å². The van der Waals surface area contributed by atoms with Gasteiger partial charge >= 0.3 is 0 Å². The first-order valence-electron chi connectivity index (χ1n) is 6.22. The van der Waals surface area contributed by atoms with Gasteiger partial charge in [-0.2, -0.15) is 0 Å². The Morgan fingerprint density at radius 3 is 2.75 bits per heavy atom. The summed E-state index contributed by atoms with van der Waals surface area (Å²) in [5.41, 5.74) is 1.13. The molecule has 2 heteroatoms. The van der Waals surface area contributed by atoms with E-state index in [0.29, 0.717) is 0 Å². The van der Waals surface area contributed by atoms with Gasteiger partial charge in [-0.15, -0.1) is 0 Å². The monoisotopic (exact) mass is 220 g/mol. The van der Waals surface area contributed by atoms with Gasteiger partial charge in [-0.3, -0.25) is 0 Å². The maximum Gasteiger partial charge on any atom is 0.184 e. The SMILES string of the molecule is CCCCCC1COC(c2ccccc2)O1. The lowest BCUT2D eigenvalue weighted by atomic mass is 10.1. The second-order valence-electron chi connectivity index (χ2n) is 4.33. The summed E-state index contributed by atoms with van der Waals surface area (Å²) < 4.78 is 11.5. The molecule has 1 heterocycles. The first-order chi connectivity index (χ1) is 7.90. The van der Waals surface area contributed by atoms with Gasteiger partial charge in [0.25, 0.3) is 0 Å². The van der Waals surface area contributed by atoms with E-state index in [1.54, 1.807) is 0 Å². The second-order valence-corrected chi connectivity index (χ2v) is 4.33. The molecule has 1 aromatic carbocycles. The lowest BCUT2D eigenvalue weighted by Gasteiger charge is -2.11. The van der Waals surface area contributed by atoms with E-state index in [0.717, 1.165) is 18.6 Å². The minimum atomic E-state index is -0.146. The van der Waals surface area contributed by atoms with Crippen molar-refractivity contribution in [3.63, 3.8) is 0 Å². The van der Waals surface area contributed by atoms with Crippen LogP contribution in [-0.2, 0) is 9.47 Å². The molecule has 1 saturated heterocycles. The Bertz CT molecular complexity index is 297. The molecule has 2 nitrogen and oxygen atoms in total. The standard InChI is InChI=1S/C14H20O2/c1-2-3-5-10-13-11-15-14(16-13)12-8-6-4-7-9-12/h4,6-9,13-14H,2-3,5,10-11H2,1H3. The van der Waals surface area contributed by atoms with Crippen molar-refractivity contribution in [2.24, 2.45) is 0 Å². The maximum atomic E-state index is 5.87. The lowest BCUT2D eigenvalue weighted by Crippen LogP contribution is -2.09. The van der Waals surface area contributed by atoms with E-state index in [1.165, 1.54) is 19.3 Å². The molecule has 0 saturated carbocycles. The second kappa shape index (κ2) is 6.02. The summed E-state index contributed by atoms with van der Waals surface area (Å²) in [7, 11) is 0. The van der Waals surface area contributed by atoms with Crippen molar-refractivity contribution >= 4 is 0 Å². The minimum Gasteiger partial charge on any atom is -0.346 e. The van der Waals surface area contributed by atoms with E-state index in [9.17, 15) is 0 Å². The summed E-state index contributed by atoms with van der Waals surface area (Å²) in [4.78, 5) is 0. The van der Waals surface area contributed by atoms with Crippen LogP contribution in [0.3, 0.4) is 0 Å². The van der Waals surface area contributed by atoms with Crippen LogP contribution >= 0.6 is 0 Å². The quantitative estimate of drug-likeness (QED) is 0.705. The molecule has 88 valence electrons. The summed E-state index contributed by atoms with van der Waals surface area (Å²) in [6, 6.07) is 10.2. The molecule has 0 bridgehead atoms. The van der Waals surface area contributed by atoms with E-state index >= 15 is 0 Å². The third kappa shape index (κ3) is 3.06. The summed E-state index contributed by atoms with van der Waals surface area (Å²) in [6.07, 6.45) is 5.05. The van der Waals surface area contributed by atoms with Crippen LogP contribution in [0, 0.1) is 0 Å². The molecule has 2 unspecified atom stereocenters. The zero-order chi connectivity index (χ0) is 11.2. The third-order valence-electron chi connectivity index (χ3n) is 2.95. The Labute approximate surface area is 97.6 Å². The Morgan fingerprint density at radius 1 is 1.19 bits per heavy atom. The fraction of sp³-hybridized carbons (Fsp3) is 0.571. The molecule has 1 fully saturated rings. The number of rotatable bonds is 5. The van der Waals surface area contributed by atoms with Crippen LogP contribution in [-0.4, -0.2) is 12.7 Å². The zero-order valence-corrected chi connectivity index (χ0v) is 9.89. The number of hydrogen-bond donors (Lipinski definition) is 0. The van der Waals surface area contributed by atoms with Gasteiger partial charge in [0.1, 0.15) is 0 Å². The fourth-order valence-corrected chi connectivity index (χ4v) is 2.01. The predicted molar refractivity (Wildman–Crippen MR) is 64.2 cm³/mol. The fourth-order valence-electron chi connectivity index (χ4n) is 2.01. The van der Waals surface area contributed by atoms with Gasteiger partial charge in [-0.05, 0) is 6.42 Å². The summed E-state index contributed by atoms with van der Waals surface area (Å²) >= 11 is 0. The third-order valence-corrected chi connectivity index (χ3v) is 2.95. The largest absolute Gasteiger partial charge is 0.346 e. The molecule has 0 radical (unpaired) electrons. The normalized spacial score (nSPS) is 24.8. The van der Waals surface area contributed by atoms with E-state index in [2.05, 4.69) is 19.1 Å². The lowest BCUT2D eigenvalue weighted by molar-refractivity contribution is -0.0613. The van der Waals surface area contributed by atoms with Gasteiger partial charge in [0, 0.05) is 5.56 Å². The highest BCUT2D eigenvalue weighted by Crippen LogP contribution is 2.28. The van der Waals surface area contributed by atoms with Crippen LogP contribution < -0.4 is 0 Å². The predicted octanol–water partition coefficient (Wildman–Crippen LogP) is 3.68. The molecule has 0 spiro atoms. The van der Waals surface area contributed by atoms with Gasteiger partial charge in [-0.25, -0.2) is 0 Å². The van der Waals surface area contributed by atoms with E-state index in [1.807, 2.05) is 18.2 Å². The van der Waals surface area contributed by atoms with E-state index in [-0.39, 0.29) is 12.4 Å². The minimum absolute atomic E-state index is 0.146. The molecule has 0 N–H and O–H groups in total. The summed E-state index contributed by atoms with van der Waals surface area (Å²) in [5.74, 6) is 0. The molecule has 1 aliphatic heterocycles. The molecule has 0 aromatic heterocycles. The van der Waals surface area contributed by atoms with Crippen LogP contribution in [0.2, 0.25) is 0 Å². The Morgan fingerprint density at radius 2 is 2.00 bits per heavy atom. The van der Waals surface area contributed by atoms with Gasteiger partial charge in [0.15, 0.2) is 6.29 Å². The highest BCUT2D eigenvalue weighted by Gasteiger charge is 2.26. The molecular formula is C14H20O2. The van der Waals surface area contributed by atoms with Gasteiger partial charge in [-0.1, -0.05) is 56.5 Å². The molecule has 1 aromatic rings. The number of unbranched alkanes of at least 4 members (excludes halogenated alkanes) is 2. The average Bonchev–Trinajstić information content (AvgIpc) is 2.79. The molecule has 0 aliphatic carbocycles. The topological polar surface area (TPSA) is 18.5 Å². The van der Waals surface area contributed by atoms with Crippen LogP contribution in [0.1, 0.15) is 44.5 Å². The number of hydrogen-bond acceptors (Lipinski definition) is 2. The average molecular weight is 220 g/mol. The van der Waals surface area contributed by atoms with Gasteiger partial charge in [0.05, 0.1) is 12.7 Å². The summed E-state index contributed by atoms with van der Waals surface area (Å²) in [6.45, 7) is 2.96. The smallest absolute Gasteiger partial charge is 0.184 e.